The van der Waals surface area contributed by atoms with Crippen molar-refractivity contribution in [1.82, 2.24) is 20.8 Å². The second kappa shape index (κ2) is 6.15. The second-order valence-electron chi connectivity index (χ2n) is 5.14. The molecule has 3 N–H and O–H groups in total. The topological polar surface area (TPSA) is 79.0 Å². The molecule has 1 aliphatic rings. The van der Waals surface area contributed by atoms with E-state index in [0.29, 0.717) is 23.6 Å². The molecular weight excluding hydrogens is 287 g/mol. The molecule has 0 bridgehead atoms. The van der Waals surface area contributed by atoms with Gasteiger partial charge in [0.2, 0.25) is 0 Å². The van der Waals surface area contributed by atoms with Crippen molar-refractivity contribution in [2.24, 2.45) is 0 Å². The zero-order chi connectivity index (χ0) is 15.5. The van der Waals surface area contributed by atoms with Crippen LogP contribution in [0.1, 0.15) is 27.3 Å². The lowest BCUT2D eigenvalue weighted by atomic mass is 10.1. The van der Waals surface area contributed by atoms with Gasteiger partial charge in [0.1, 0.15) is 11.6 Å². The Kier molecular flexibility index (Phi) is 4.06. The first kappa shape index (κ1) is 14.5. The van der Waals surface area contributed by atoms with Gasteiger partial charge in [-0.3, -0.25) is 9.89 Å². The maximum absolute atomic E-state index is 13.4. The zero-order valence-electron chi connectivity index (χ0n) is 12.2. The molecule has 0 saturated carbocycles. The number of fused-ring (bicyclic) bond motifs is 1. The molecule has 0 saturated heterocycles. The van der Waals surface area contributed by atoms with Crippen LogP contribution in [0.3, 0.4) is 0 Å². The third-order valence-electron chi connectivity index (χ3n) is 3.64. The summed E-state index contributed by atoms with van der Waals surface area (Å²) < 4.78 is 18.4. The number of H-pyrrole nitrogens is 1. The number of hydrogen-bond donors (Lipinski definition) is 3. The smallest absolute Gasteiger partial charge is 0.272 e. The minimum Gasteiger partial charge on any atom is -0.497 e. The SMILES string of the molecule is COc1cc(F)cc(CNC(=O)c2n[nH]c3c2CNCC3)c1. The van der Waals surface area contributed by atoms with Gasteiger partial charge in [0.25, 0.3) is 5.91 Å². The van der Waals surface area contributed by atoms with Crippen molar-refractivity contribution in [2.45, 2.75) is 19.5 Å². The first-order chi connectivity index (χ1) is 10.7. The van der Waals surface area contributed by atoms with Crippen molar-refractivity contribution in [3.05, 3.63) is 46.5 Å². The standard InChI is InChI=1S/C15H17FN4O2/c1-22-11-5-9(4-10(16)6-11)7-18-15(21)14-12-8-17-3-2-13(12)19-20-14/h4-6,17H,2-3,7-8H2,1H3,(H,18,21)(H,19,20). The Morgan fingerprint density at radius 3 is 3.14 bits per heavy atom. The Morgan fingerprint density at radius 2 is 2.32 bits per heavy atom. The fraction of sp³-hybridized carbons (Fsp3) is 0.333. The summed E-state index contributed by atoms with van der Waals surface area (Å²) in [5.74, 6) is -0.250. The van der Waals surface area contributed by atoms with Gasteiger partial charge < -0.3 is 15.4 Å². The molecule has 0 aliphatic carbocycles. The number of aromatic amines is 1. The van der Waals surface area contributed by atoms with Crippen molar-refractivity contribution in [2.75, 3.05) is 13.7 Å². The third kappa shape index (κ3) is 2.94. The summed E-state index contributed by atoms with van der Waals surface area (Å²) in [6.45, 7) is 1.71. The van der Waals surface area contributed by atoms with Crippen molar-refractivity contribution in [3.8, 4) is 5.75 Å². The number of aromatic nitrogens is 2. The minimum absolute atomic E-state index is 0.210. The van der Waals surface area contributed by atoms with Crippen LogP contribution >= 0.6 is 0 Å². The van der Waals surface area contributed by atoms with Crippen LogP contribution in [0.25, 0.3) is 0 Å². The van der Waals surface area contributed by atoms with Gasteiger partial charge in [-0.25, -0.2) is 4.39 Å². The van der Waals surface area contributed by atoms with Crippen molar-refractivity contribution < 1.29 is 13.9 Å². The summed E-state index contributed by atoms with van der Waals surface area (Å²) in [7, 11) is 1.47. The van der Waals surface area contributed by atoms with E-state index in [9.17, 15) is 9.18 Å². The Labute approximate surface area is 127 Å². The van der Waals surface area contributed by atoms with E-state index in [1.807, 2.05) is 0 Å². The molecule has 0 atom stereocenters. The van der Waals surface area contributed by atoms with Crippen molar-refractivity contribution in [3.63, 3.8) is 0 Å². The van der Waals surface area contributed by atoms with E-state index >= 15 is 0 Å². The highest BCUT2D eigenvalue weighted by Crippen LogP contribution is 2.17. The molecule has 7 heteroatoms. The van der Waals surface area contributed by atoms with Crippen molar-refractivity contribution in [1.29, 1.82) is 0 Å². The molecule has 3 rings (SSSR count). The summed E-state index contributed by atoms with van der Waals surface area (Å²) >= 11 is 0. The van der Waals surface area contributed by atoms with E-state index in [1.165, 1.54) is 19.2 Å². The molecule has 116 valence electrons. The molecular formula is C15H17FN4O2. The van der Waals surface area contributed by atoms with Gasteiger partial charge >= 0.3 is 0 Å². The van der Waals surface area contributed by atoms with Crippen LogP contribution in [0.4, 0.5) is 4.39 Å². The molecule has 1 aromatic heterocycles. The van der Waals surface area contributed by atoms with Crippen LogP contribution in [-0.2, 0) is 19.5 Å². The summed E-state index contributed by atoms with van der Waals surface area (Å²) in [5, 5.41) is 13.0. The van der Waals surface area contributed by atoms with Gasteiger partial charge in [0.05, 0.1) is 7.11 Å². The lowest BCUT2D eigenvalue weighted by Gasteiger charge is -2.13. The number of carbonyl (C=O) groups excluding carboxylic acids is 1. The molecule has 6 nitrogen and oxygen atoms in total. The molecule has 0 spiro atoms. The maximum Gasteiger partial charge on any atom is 0.272 e. The molecule has 0 fully saturated rings. The molecule has 2 heterocycles. The summed E-state index contributed by atoms with van der Waals surface area (Å²) in [6.07, 6.45) is 0.830. The molecule has 0 unspecified atom stereocenters. The Bertz CT molecular complexity index is 699. The van der Waals surface area contributed by atoms with E-state index in [-0.39, 0.29) is 12.5 Å². The van der Waals surface area contributed by atoms with Crippen LogP contribution < -0.4 is 15.4 Å². The number of nitrogens with one attached hydrogen (secondary N) is 3. The fourth-order valence-corrected chi connectivity index (χ4v) is 2.52. The van der Waals surface area contributed by atoms with Crippen LogP contribution in [0.2, 0.25) is 0 Å². The fourth-order valence-electron chi connectivity index (χ4n) is 2.52. The van der Waals surface area contributed by atoms with Gasteiger partial charge in [-0.15, -0.1) is 0 Å². The number of halogens is 1. The molecule has 22 heavy (non-hydrogen) atoms. The Balaban J connectivity index is 1.70. The first-order valence-corrected chi connectivity index (χ1v) is 7.06. The summed E-state index contributed by atoms with van der Waals surface area (Å²) in [6, 6.07) is 4.34. The highest BCUT2D eigenvalue weighted by Gasteiger charge is 2.21. The quantitative estimate of drug-likeness (QED) is 0.791. The van der Waals surface area contributed by atoms with E-state index in [4.69, 9.17) is 4.74 Å². The molecule has 1 amide bonds. The predicted molar refractivity (Wildman–Crippen MR) is 78.1 cm³/mol. The summed E-state index contributed by atoms with van der Waals surface area (Å²) in [4.78, 5) is 12.2. The number of ether oxygens (including phenoxy) is 1. The maximum atomic E-state index is 13.4. The third-order valence-corrected chi connectivity index (χ3v) is 3.64. The number of methoxy groups -OCH3 is 1. The monoisotopic (exact) mass is 304 g/mol. The highest BCUT2D eigenvalue weighted by molar-refractivity contribution is 5.94. The lowest BCUT2D eigenvalue weighted by Crippen LogP contribution is -2.28. The largest absolute Gasteiger partial charge is 0.497 e. The number of carbonyl (C=O) groups is 1. The molecule has 1 aliphatic heterocycles. The van der Waals surface area contributed by atoms with Gasteiger partial charge in [0.15, 0.2) is 5.69 Å². The van der Waals surface area contributed by atoms with Gasteiger partial charge in [-0.1, -0.05) is 0 Å². The Hall–Kier alpha value is -2.41. The number of hydrogen-bond acceptors (Lipinski definition) is 4. The van der Waals surface area contributed by atoms with Gasteiger partial charge in [-0.2, -0.15) is 5.10 Å². The highest BCUT2D eigenvalue weighted by atomic mass is 19.1. The normalized spacial score (nSPS) is 13.5. The number of benzene rings is 1. The van der Waals surface area contributed by atoms with Crippen LogP contribution in [0.15, 0.2) is 18.2 Å². The average molecular weight is 304 g/mol. The average Bonchev–Trinajstić information content (AvgIpc) is 2.96. The van der Waals surface area contributed by atoms with Crippen LogP contribution in [0, 0.1) is 5.82 Å². The number of amides is 1. The van der Waals surface area contributed by atoms with E-state index in [0.717, 1.165) is 24.2 Å². The number of rotatable bonds is 4. The predicted octanol–water partition coefficient (Wildman–Crippen LogP) is 1.13. The zero-order valence-corrected chi connectivity index (χ0v) is 12.2. The first-order valence-electron chi connectivity index (χ1n) is 7.06. The molecule has 0 radical (unpaired) electrons. The van der Waals surface area contributed by atoms with E-state index in [1.54, 1.807) is 6.07 Å². The van der Waals surface area contributed by atoms with Gasteiger partial charge in [0, 0.05) is 43.4 Å². The minimum atomic E-state index is -0.398. The lowest BCUT2D eigenvalue weighted by molar-refractivity contribution is 0.0944. The van der Waals surface area contributed by atoms with E-state index < -0.39 is 5.82 Å². The molecule has 1 aromatic carbocycles. The van der Waals surface area contributed by atoms with Gasteiger partial charge in [-0.05, 0) is 17.7 Å². The Morgan fingerprint density at radius 1 is 1.45 bits per heavy atom. The van der Waals surface area contributed by atoms with E-state index in [2.05, 4.69) is 20.8 Å². The number of nitrogens with zero attached hydrogens (tertiary/aromatic N) is 1. The van der Waals surface area contributed by atoms with Crippen LogP contribution in [0.5, 0.6) is 5.75 Å². The van der Waals surface area contributed by atoms with Crippen LogP contribution in [-0.4, -0.2) is 29.8 Å². The summed E-state index contributed by atoms with van der Waals surface area (Å²) in [5.41, 5.74) is 2.93. The molecule has 2 aromatic rings. The van der Waals surface area contributed by atoms with Crippen molar-refractivity contribution >= 4 is 5.91 Å². The second-order valence-corrected chi connectivity index (χ2v) is 5.14.